The molecular weight excluding hydrogens is 468 g/mol. The third kappa shape index (κ3) is 5.70. The first-order valence-electron chi connectivity index (χ1n) is 13.5. The minimum absolute atomic E-state index is 0.0578. The summed E-state index contributed by atoms with van der Waals surface area (Å²) in [6, 6.07) is 14.6. The summed E-state index contributed by atoms with van der Waals surface area (Å²) in [5.74, 6) is -1.72. The normalized spacial score (nSPS) is 20.8. The fourth-order valence-electron chi connectivity index (χ4n) is 5.92. The Bertz CT molecular complexity index is 1140. The van der Waals surface area contributed by atoms with E-state index in [-0.39, 0.29) is 24.8 Å². The predicted octanol–water partition coefficient (Wildman–Crippen LogP) is 2.88. The number of likely N-dealkylation sites (tertiary alicyclic amines) is 1. The number of aliphatic carboxylic acids is 1. The number of carbonyl (C=O) groups is 3. The number of benzene rings is 2. The third-order valence-corrected chi connectivity index (χ3v) is 7.99. The molecular formula is C29H36N4O4. The highest BCUT2D eigenvalue weighted by atomic mass is 16.4. The van der Waals surface area contributed by atoms with Crippen LogP contribution in [0.3, 0.4) is 0 Å². The number of para-hydroxylation sites is 1. The molecule has 1 atom stereocenters. The van der Waals surface area contributed by atoms with Crippen LogP contribution in [-0.4, -0.2) is 96.5 Å². The molecule has 3 aliphatic heterocycles. The van der Waals surface area contributed by atoms with Gasteiger partial charge >= 0.3 is 5.97 Å². The van der Waals surface area contributed by atoms with Crippen LogP contribution in [0, 0.1) is 0 Å². The topological polar surface area (TPSA) is 84.4 Å². The van der Waals surface area contributed by atoms with E-state index in [1.54, 1.807) is 17.0 Å². The zero-order chi connectivity index (χ0) is 25.8. The molecule has 8 nitrogen and oxygen atoms in total. The van der Waals surface area contributed by atoms with Crippen LogP contribution in [0.2, 0.25) is 0 Å². The van der Waals surface area contributed by atoms with Crippen molar-refractivity contribution in [3.63, 3.8) is 0 Å². The number of hydrogen-bond donors (Lipinski definition) is 1. The van der Waals surface area contributed by atoms with Crippen molar-refractivity contribution in [1.82, 2.24) is 14.7 Å². The molecule has 0 radical (unpaired) electrons. The molecule has 1 N–H and O–H groups in total. The van der Waals surface area contributed by atoms with Crippen LogP contribution in [0.15, 0.2) is 48.5 Å². The lowest BCUT2D eigenvalue weighted by molar-refractivity contribution is -0.137. The van der Waals surface area contributed by atoms with Gasteiger partial charge in [-0.2, -0.15) is 0 Å². The number of carboxylic acid groups (broad SMARTS) is 1. The Labute approximate surface area is 218 Å². The lowest BCUT2D eigenvalue weighted by atomic mass is 9.86. The van der Waals surface area contributed by atoms with Gasteiger partial charge in [0.15, 0.2) is 0 Å². The highest BCUT2D eigenvalue weighted by molar-refractivity contribution is 6.11. The van der Waals surface area contributed by atoms with Crippen LogP contribution in [-0.2, 0) is 9.59 Å². The summed E-state index contributed by atoms with van der Waals surface area (Å²) in [5, 5.41) is 9.62. The van der Waals surface area contributed by atoms with Gasteiger partial charge in [-0.15, -0.1) is 0 Å². The summed E-state index contributed by atoms with van der Waals surface area (Å²) >= 11 is 0. The van der Waals surface area contributed by atoms with Crippen LogP contribution >= 0.6 is 0 Å². The average Bonchev–Trinajstić information content (AvgIpc) is 3.02. The lowest BCUT2D eigenvalue weighted by Crippen LogP contribution is -2.53. The molecule has 2 saturated heterocycles. The summed E-state index contributed by atoms with van der Waals surface area (Å²) in [5.41, 5.74) is 2.53. The van der Waals surface area contributed by atoms with Gasteiger partial charge in [-0.1, -0.05) is 42.8 Å². The molecule has 3 heterocycles. The Balaban J connectivity index is 1.29. The molecule has 0 saturated carbocycles. The zero-order valence-corrected chi connectivity index (χ0v) is 21.3. The molecule has 1 unspecified atom stereocenters. The summed E-state index contributed by atoms with van der Waals surface area (Å²) in [7, 11) is 0. The number of nitrogens with zero attached hydrogens (tertiary/aromatic N) is 4. The third-order valence-electron chi connectivity index (χ3n) is 7.99. The minimum atomic E-state index is -0.926. The van der Waals surface area contributed by atoms with E-state index in [0.29, 0.717) is 29.9 Å². The van der Waals surface area contributed by atoms with Crippen LogP contribution in [0.4, 0.5) is 5.69 Å². The van der Waals surface area contributed by atoms with Crippen molar-refractivity contribution in [2.24, 2.45) is 0 Å². The Kier molecular flexibility index (Phi) is 7.86. The van der Waals surface area contributed by atoms with Crippen molar-refractivity contribution in [1.29, 1.82) is 0 Å². The summed E-state index contributed by atoms with van der Waals surface area (Å²) in [6.45, 7) is 7.44. The summed E-state index contributed by atoms with van der Waals surface area (Å²) in [6.07, 6.45) is 3.81. The van der Waals surface area contributed by atoms with Crippen molar-refractivity contribution in [2.75, 3.05) is 63.8 Å². The standard InChI is InChI=1S/C29H36N4O4/c34-27(32-18-16-31(17-19-32)15-14-30-12-6-1-7-13-30)21-33-26-11-5-4-9-23(26)25(20-28(35)36)22-8-2-3-10-24(22)29(33)37/h2-5,8-11,25H,1,6-7,12-21H2,(H,35,36). The van der Waals surface area contributed by atoms with Crippen molar-refractivity contribution in [3.8, 4) is 0 Å². The molecule has 196 valence electrons. The molecule has 2 fully saturated rings. The second-order valence-electron chi connectivity index (χ2n) is 10.3. The maximum atomic E-state index is 13.7. The molecule has 2 aromatic rings. The van der Waals surface area contributed by atoms with E-state index in [2.05, 4.69) is 9.80 Å². The number of anilines is 1. The fraction of sp³-hybridized carbons (Fsp3) is 0.483. The number of amides is 2. The maximum absolute atomic E-state index is 13.7. The smallest absolute Gasteiger partial charge is 0.304 e. The van der Waals surface area contributed by atoms with E-state index >= 15 is 0 Å². The molecule has 3 aliphatic rings. The summed E-state index contributed by atoms with van der Waals surface area (Å²) in [4.78, 5) is 47.3. The molecule has 5 rings (SSSR count). The van der Waals surface area contributed by atoms with Gasteiger partial charge in [-0.05, 0) is 49.2 Å². The van der Waals surface area contributed by atoms with Crippen molar-refractivity contribution >= 4 is 23.5 Å². The lowest BCUT2D eigenvalue weighted by Gasteiger charge is -2.37. The Morgan fingerprint density at radius 1 is 0.784 bits per heavy atom. The number of carboxylic acids is 1. The molecule has 37 heavy (non-hydrogen) atoms. The Morgan fingerprint density at radius 2 is 1.41 bits per heavy atom. The maximum Gasteiger partial charge on any atom is 0.304 e. The molecule has 0 bridgehead atoms. The zero-order valence-electron chi connectivity index (χ0n) is 21.3. The van der Waals surface area contributed by atoms with Crippen molar-refractivity contribution < 1.29 is 19.5 Å². The van der Waals surface area contributed by atoms with Crippen LogP contribution in [0.1, 0.15) is 53.1 Å². The fourth-order valence-corrected chi connectivity index (χ4v) is 5.92. The predicted molar refractivity (Wildman–Crippen MR) is 142 cm³/mol. The van der Waals surface area contributed by atoms with Gasteiger partial charge in [0.05, 0.1) is 6.42 Å². The molecule has 0 aliphatic carbocycles. The van der Waals surface area contributed by atoms with Gasteiger partial charge in [0.1, 0.15) is 6.54 Å². The number of carbonyl (C=O) groups excluding carboxylic acids is 2. The van der Waals surface area contributed by atoms with Crippen LogP contribution in [0.25, 0.3) is 0 Å². The number of rotatable bonds is 7. The number of piperazine rings is 1. The highest BCUT2D eigenvalue weighted by Gasteiger charge is 2.35. The van der Waals surface area contributed by atoms with Crippen LogP contribution < -0.4 is 4.90 Å². The SMILES string of the molecule is O=C(O)CC1c2ccccc2C(=O)N(CC(=O)N2CCN(CCN3CCCCC3)CC2)c2ccccc21. The van der Waals surface area contributed by atoms with Gasteiger partial charge in [0.2, 0.25) is 5.91 Å². The van der Waals surface area contributed by atoms with Crippen molar-refractivity contribution in [3.05, 3.63) is 65.2 Å². The first-order valence-corrected chi connectivity index (χ1v) is 13.5. The molecule has 2 amide bonds. The summed E-state index contributed by atoms with van der Waals surface area (Å²) < 4.78 is 0. The van der Waals surface area contributed by atoms with Crippen LogP contribution in [0.5, 0.6) is 0 Å². The van der Waals surface area contributed by atoms with E-state index in [1.807, 2.05) is 41.3 Å². The minimum Gasteiger partial charge on any atom is -0.481 e. The van der Waals surface area contributed by atoms with E-state index in [4.69, 9.17) is 0 Å². The molecule has 2 aromatic carbocycles. The number of fused-ring (bicyclic) bond motifs is 2. The van der Waals surface area contributed by atoms with E-state index < -0.39 is 11.9 Å². The first-order chi connectivity index (χ1) is 18.0. The Morgan fingerprint density at radius 3 is 2.11 bits per heavy atom. The van der Waals surface area contributed by atoms with E-state index in [1.165, 1.54) is 32.4 Å². The van der Waals surface area contributed by atoms with Crippen molar-refractivity contribution in [2.45, 2.75) is 31.6 Å². The van der Waals surface area contributed by atoms with Gasteiger partial charge in [-0.3, -0.25) is 24.2 Å². The van der Waals surface area contributed by atoms with E-state index in [0.717, 1.165) is 31.7 Å². The van der Waals surface area contributed by atoms with Gasteiger partial charge in [0, 0.05) is 56.4 Å². The van der Waals surface area contributed by atoms with Gasteiger partial charge in [0.25, 0.3) is 5.91 Å². The second kappa shape index (κ2) is 11.4. The Hall–Kier alpha value is -3.23. The van der Waals surface area contributed by atoms with Gasteiger partial charge < -0.3 is 14.9 Å². The number of hydrogen-bond acceptors (Lipinski definition) is 5. The molecule has 8 heteroatoms. The average molecular weight is 505 g/mol. The monoisotopic (exact) mass is 504 g/mol. The quantitative estimate of drug-likeness (QED) is 0.624. The van der Waals surface area contributed by atoms with E-state index in [9.17, 15) is 19.5 Å². The molecule has 0 aromatic heterocycles. The highest BCUT2D eigenvalue weighted by Crippen LogP contribution is 2.40. The largest absolute Gasteiger partial charge is 0.481 e. The first kappa shape index (κ1) is 25.4. The second-order valence-corrected chi connectivity index (χ2v) is 10.3. The number of piperidine rings is 1. The van der Waals surface area contributed by atoms with Gasteiger partial charge in [-0.25, -0.2) is 0 Å². The molecule has 0 spiro atoms.